The summed E-state index contributed by atoms with van der Waals surface area (Å²) < 4.78 is 33.7. The van der Waals surface area contributed by atoms with Gasteiger partial charge in [0.25, 0.3) is 0 Å². The Bertz CT molecular complexity index is 1650. The van der Waals surface area contributed by atoms with Crippen LogP contribution < -0.4 is 10.2 Å². The molecule has 0 saturated carbocycles. The zero-order valence-corrected chi connectivity index (χ0v) is 22.3. The first-order valence-corrected chi connectivity index (χ1v) is 13.2. The Hall–Kier alpha value is -4.44. The Balaban J connectivity index is 1.57. The number of aromatic amines is 1. The van der Waals surface area contributed by atoms with Crippen LogP contribution in [0.2, 0.25) is 0 Å². The van der Waals surface area contributed by atoms with Crippen molar-refractivity contribution in [1.82, 2.24) is 25.1 Å². The Labute approximate surface area is 230 Å². The van der Waals surface area contributed by atoms with Gasteiger partial charge in [0, 0.05) is 53.8 Å². The number of anilines is 3. The predicted molar refractivity (Wildman–Crippen MR) is 152 cm³/mol. The van der Waals surface area contributed by atoms with E-state index in [1.165, 1.54) is 0 Å². The zero-order chi connectivity index (χ0) is 27.6. The van der Waals surface area contributed by atoms with Crippen molar-refractivity contribution in [3.8, 4) is 22.5 Å². The number of benzene rings is 1. The number of nitrogens with one attached hydrogen (secondary N) is 2. The van der Waals surface area contributed by atoms with Gasteiger partial charge in [-0.05, 0) is 55.3 Å². The first kappa shape index (κ1) is 25.8. The van der Waals surface area contributed by atoms with Crippen LogP contribution in [0, 0.1) is 13.8 Å². The molecule has 1 aromatic carbocycles. The number of morpholine rings is 1. The van der Waals surface area contributed by atoms with Crippen molar-refractivity contribution in [3.63, 3.8) is 0 Å². The van der Waals surface area contributed by atoms with E-state index in [1.54, 1.807) is 18.3 Å². The van der Waals surface area contributed by atoms with Gasteiger partial charge in [-0.1, -0.05) is 6.07 Å². The van der Waals surface area contributed by atoms with Crippen molar-refractivity contribution in [3.05, 3.63) is 77.4 Å². The number of ether oxygens (including phenoxy) is 1. The summed E-state index contributed by atoms with van der Waals surface area (Å²) in [5, 5.41) is 11.6. The van der Waals surface area contributed by atoms with Crippen LogP contribution in [0.5, 0.6) is 0 Å². The minimum atomic E-state index is -0.758. The van der Waals surface area contributed by atoms with E-state index in [1.807, 2.05) is 50.4 Å². The molecule has 0 atom stereocenters. The molecule has 0 aliphatic carbocycles. The Morgan fingerprint density at radius 2 is 1.82 bits per heavy atom. The van der Waals surface area contributed by atoms with Crippen molar-refractivity contribution >= 4 is 28.1 Å². The van der Waals surface area contributed by atoms with Crippen LogP contribution in [0.15, 0.2) is 54.9 Å². The van der Waals surface area contributed by atoms with E-state index < -0.39 is 13.3 Å². The molecule has 1 aliphatic heterocycles. The second kappa shape index (κ2) is 11.0. The summed E-state index contributed by atoms with van der Waals surface area (Å²) in [5.74, 6) is 0.807. The van der Waals surface area contributed by atoms with Gasteiger partial charge in [0.05, 0.1) is 47.2 Å². The average Bonchev–Trinajstić information content (AvgIpc) is 3.34. The molecule has 5 aromatic rings. The number of rotatable bonds is 7. The van der Waals surface area contributed by atoms with Gasteiger partial charge in [0.1, 0.15) is 19.2 Å². The van der Waals surface area contributed by atoms with Crippen LogP contribution in [0.1, 0.15) is 22.5 Å². The fourth-order valence-corrected chi connectivity index (χ4v) is 5.25. The molecule has 0 unspecified atom stereocenters. The second-order valence-electron chi connectivity index (χ2n) is 9.81. The number of aromatic nitrogens is 5. The quantitative estimate of drug-likeness (QED) is 0.253. The molecule has 0 radical (unpaired) electrons. The van der Waals surface area contributed by atoms with Gasteiger partial charge >= 0.3 is 0 Å². The van der Waals surface area contributed by atoms with Crippen LogP contribution in [0.25, 0.3) is 33.4 Å². The maximum absolute atomic E-state index is 14.4. The van der Waals surface area contributed by atoms with Crippen molar-refractivity contribution in [2.75, 3.05) is 36.5 Å². The minimum Gasteiger partial charge on any atom is -0.378 e. The molecular weight excluding hydrogens is 512 g/mol. The topological polar surface area (TPSA) is 91.9 Å². The van der Waals surface area contributed by atoms with Crippen molar-refractivity contribution < 1.29 is 13.5 Å². The summed E-state index contributed by atoms with van der Waals surface area (Å²) >= 11 is 0. The monoisotopic (exact) mass is 541 g/mol. The molecule has 8 nitrogen and oxygen atoms in total. The maximum atomic E-state index is 14.4. The number of aryl methyl sites for hydroxylation is 2. The van der Waals surface area contributed by atoms with E-state index in [0.29, 0.717) is 52.3 Å². The lowest BCUT2D eigenvalue weighted by molar-refractivity contribution is 0.122. The highest BCUT2D eigenvalue weighted by Gasteiger charge is 2.21. The molecule has 1 fully saturated rings. The summed E-state index contributed by atoms with van der Waals surface area (Å²) in [4.78, 5) is 16.2. The first-order chi connectivity index (χ1) is 19.6. The number of hydrogen-bond acceptors (Lipinski definition) is 7. The summed E-state index contributed by atoms with van der Waals surface area (Å²) in [6.45, 7) is 5.17. The van der Waals surface area contributed by atoms with Crippen LogP contribution in [-0.2, 0) is 18.1 Å². The van der Waals surface area contributed by atoms with Gasteiger partial charge in [-0.25, -0.2) is 18.7 Å². The molecule has 6 rings (SSSR count). The SMILES string of the molecule is Cc1n[nH]c(C)c1-c1cnc(N2CCOCC2)cc1Nc1cc(-c2ccccn2)nc2cc(CF)cc(CF)c12. The lowest BCUT2D eigenvalue weighted by atomic mass is 10.0. The number of hydrogen-bond donors (Lipinski definition) is 2. The molecule has 0 bridgehead atoms. The summed E-state index contributed by atoms with van der Waals surface area (Å²) in [6.07, 6.45) is 3.54. The predicted octanol–water partition coefficient (Wildman–Crippen LogP) is 6.22. The zero-order valence-electron chi connectivity index (χ0n) is 22.3. The van der Waals surface area contributed by atoms with Gasteiger partial charge < -0.3 is 15.0 Å². The van der Waals surface area contributed by atoms with E-state index in [-0.39, 0.29) is 0 Å². The first-order valence-electron chi connectivity index (χ1n) is 13.2. The summed E-state index contributed by atoms with van der Waals surface area (Å²) in [6, 6.07) is 12.7. The van der Waals surface area contributed by atoms with Gasteiger partial charge in [-0.2, -0.15) is 5.10 Å². The van der Waals surface area contributed by atoms with Crippen molar-refractivity contribution in [2.45, 2.75) is 27.2 Å². The number of H-pyrrole nitrogens is 1. The van der Waals surface area contributed by atoms with Gasteiger partial charge in [-0.3, -0.25) is 10.1 Å². The average molecular weight is 542 g/mol. The number of pyridine rings is 3. The third kappa shape index (κ3) is 4.86. The third-order valence-electron chi connectivity index (χ3n) is 7.17. The van der Waals surface area contributed by atoms with Gasteiger partial charge in [-0.15, -0.1) is 0 Å². The van der Waals surface area contributed by atoms with E-state index >= 15 is 0 Å². The molecule has 0 spiro atoms. The fourth-order valence-electron chi connectivity index (χ4n) is 5.25. The number of fused-ring (bicyclic) bond motifs is 1. The minimum absolute atomic E-state index is 0.368. The third-order valence-corrected chi connectivity index (χ3v) is 7.17. The molecule has 0 amide bonds. The normalized spacial score (nSPS) is 13.7. The highest BCUT2D eigenvalue weighted by molar-refractivity contribution is 5.99. The lowest BCUT2D eigenvalue weighted by Crippen LogP contribution is -2.36. The molecule has 4 aromatic heterocycles. The van der Waals surface area contributed by atoms with Crippen molar-refractivity contribution in [1.29, 1.82) is 0 Å². The van der Waals surface area contributed by atoms with Crippen LogP contribution in [0.4, 0.5) is 26.0 Å². The molecule has 1 aliphatic rings. The van der Waals surface area contributed by atoms with E-state index in [9.17, 15) is 8.78 Å². The molecule has 1 saturated heterocycles. The van der Waals surface area contributed by atoms with Gasteiger partial charge in [0.2, 0.25) is 0 Å². The summed E-state index contributed by atoms with van der Waals surface area (Å²) in [5.41, 5.74) is 7.46. The maximum Gasteiger partial charge on any atom is 0.130 e. The standard InChI is InChI=1S/C30H29F2N7O/c1-18-29(19(2)38-37-18)22-17-34-28(39-7-9-40-10-8-39)14-24(22)35-27-13-25(23-5-3-4-6-33-23)36-26-12-20(15-31)11-21(16-32)30(26)27/h3-6,11-14,17H,7-10,15-16H2,1-2H3,(H,37,38)(H,34,35,36). The van der Waals surface area contributed by atoms with Gasteiger partial charge in [0.15, 0.2) is 0 Å². The second-order valence-corrected chi connectivity index (χ2v) is 9.81. The van der Waals surface area contributed by atoms with E-state index in [4.69, 9.17) is 14.7 Å². The van der Waals surface area contributed by atoms with Crippen LogP contribution in [0.3, 0.4) is 0 Å². The summed E-state index contributed by atoms with van der Waals surface area (Å²) in [7, 11) is 0. The molecule has 2 N–H and O–H groups in total. The Morgan fingerprint density at radius 1 is 0.975 bits per heavy atom. The molecule has 10 heteroatoms. The Kier molecular flexibility index (Phi) is 7.08. The number of halogens is 2. The smallest absolute Gasteiger partial charge is 0.130 e. The van der Waals surface area contributed by atoms with E-state index in [2.05, 4.69) is 25.4 Å². The fraction of sp³-hybridized carbons (Fsp3) is 0.267. The van der Waals surface area contributed by atoms with E-state index in [0.717, 1.165) is 47.1 Å². The van der Waals surface area contributed by atoms with Crippen LogP contribution in [-0.4, -0.2) is 51.5 Å². The Morgan fingerprint density at radius 3 is 2.52 bits per heavy atom. The molecular formula is C30H29F2N7O. The number of nitrogens with zero attached hydrogens (tertiary/aromatic N) is 5. The van der Waals surface area contributed by atoms with Crippen LogP contribution >= 0.6 is 0 Å². The largest absolute Gasteiger partial charge is 0.378 e. The molecule has 204 valence electrons. The molecule has 40 heavy (non-hydrogen) atoms. The highest BCUT2D eigenvalue weighted by atomic mass is 19.1. The molecule has 5 heterocycles. The number of alkyl halides is 2. The lowest BCUT2D eigenvalue weighted by Gasteiger charge is -2.28. The van der Waals surface area contributed by atoms with Crippen molar-refractivity contribution in [2.24, 2.45) is 0 Å². The highest BCUT2D eigenvalue weighted by Crippen LogP contribution is 2.39.